The Bertz CT molecular complexity index is 836. The largest absolute Gasteiger partial charge is 0.495 e. The Morgan fingerprint density at radius 3 is 2.63 bits per heavy atom. The summed E-state index contributed by atoms with van der Waals surface area (Å²) in [6.07, 6.45) is 1.46. The maximum atomic E-state index is 13.1. The SMILES string of the molecule is COc1ccc(C)cc1NC(=O)C1CCCN(C(=O)c2ccc(F)cc2)C1. The van der Waals surface area contributed by atoms with Crippen LogP contribution in [0.2, 0.25) is 0 Å². The van der Waals surface area contributed by atoms with Gasteiger partial charge in [-0.05, 0) is 61.7 Å². The van der Waals surface area contributed by atoms with E-state index in [9.17, 15) is 14.0 Å². The van der Waals surface area contributed by atoms with Crippen LogP contribution < -0.4 is 10.1 Å². The van der Waals surface area contributed by atoms with Crippen LogP contribution in [0, 0.1) is 18.7 Å². The lowest BCUT2D eigenvalue weighted by molar-refractivity contribution is -0.121. The molecule has 5 nitrogen and oxygen atoms in total. The number of rotatable bonds is 4. The molecular weight excluding hydrogens is 347 g/mol. The average molecular weight is 370 g/mol. The van der Waals surface area contributed by atoms with Crippen LogP contribution in [0.25, 0.3) is 0 Å². The van der Waals surface area contributed by atoms with Crippen LogP contribution in [-0.4, -0.2) is 36.9 Å². The van der Waals surface area contributed by atoms with E-state index in [0.717, 1.165) is 12.0 Å². The molecule has 1 atom stereocenters. The van der Waals surface area contributed by atoms with Gasteiger partial charge in [-0.15, -0.1) is 0 Å². The minimum atomic E-state index is -0.380. The Kier molecular flexibility index (Phi) is 5.74. The molecule has 2 aromatic carbocycles. The highest BCUT2D eigenvalue weighted by atomic mass is 19.1. The lowest BCUT2D eigenvalue weighted by Crippen LogP contribution is -2.43. The summed E-state index contributed by atoms with van der Waals surface area (Å²) in [4.78, 5) is 27.0. The highest BCUT2D eigenvalue weighted by molar-refractivity contribution is 5.97. The summed E-state index contributed by atoms with van der Waals surface area (Å²) in [5, 5.41) is 2.93. The molecule has 3 rings (SSSR count). The first-order valence-electron chi connectivity index (χ1n) is 8.98. The number of carbonyl (C=O) groups excluding carboxylic acids is 2. The fraction of sp³-hybridized carbons (Fsp3) is 0.333. The van der Waals surface area contributed by atoms with E-state index in [-0.39, 0.29) is 23.5 Å². The van der Waals surface area contributed by atoms with Crippen LogP contribution in [0.5, 0.6) is 5.75 Å². The third kappa shape index (κ3) is 4.45. The fourth-order valence-electron chi connectivity index (χ4n) is 3.30. The molecular formula is C21H23FN2O3. The first-order chi connectivity index (χ1) is 13.0. The number of nitrogens with one attached hydrogen (secondary N) is 1. The predicted octanol–water partition coefficient (Wildman–Crippen LogP) is 3.63. The van der Waals surface area contributed by atoms with Gasteiger partial charge in [0.25, 0.3) is 5.91 Å². The molecule has 0 bridgehead atoms. The van der Waals surface area contributed by atoms with E-state index in [4.69, 9.17) is 4.74 Å². The summed E-state index contributed by atoms with van der Waals surface area (Å²) >= 11 is 0. The maximum Gasteiger partial charge on any atom is 0.253 e. The van der Waals surface area contributed by atoms with E-state index >= 15 is 0 Å². The number of benzene rings is 2. The van der Waals surface area contributed by atoms with Gasteiger partial charge in [-0.2, -0.15) is 0 Å². The number of aryl methyl sites for hydroxylation is 1. The minimum absolute atomic E-state index is 0.129. The Hall–Kier alpha value is -2.89. The van der Waals surface area contributed by atoms with Crippen molar-refractivity contribution >= 4 is 17.5 Å². The Morgan fingerprint density at radius 2 is 1.93 bits per heavy atom. The number of ether oxygens (including phenoxy) is 1. The number of hydrogen-bond acceptors (Lipinski definition) is 3. The van der Waals surface area contributed by atoms with Crippen molar-refractivity contribution in [3.63, 3.8) is 0 Å². The summed E-state index contributed by atoms with van der Waals surface area (Å²) in [6.45, 7) is 2.88. The number of piperidine rings is 1. The van der Waals surface area contributed by atoms with Crippen molar-refractivity contribution in [1.82, 2.24) is 4.90 Å². The molecule has 27 heavy (non-hydrogen) atoms. The van der Waals surface area contributed by atoms with Crippen molar-refractivity contribution in [2.24, 2.45) is 5.92 Å². The van der Waals surface area contributed by atoms with Crippen molar-refractivity contribution in [1.29, 1.82) is 0 Å². The number of methoxy groups -OCH3 is 1. The fourth-order valence-corrected chi connectivity index (χ4v) is 3.30. The average Bonchev–Trinajstić information content (AvgIpc) is 2.68. The van der Waals surface area contributed by atoms with Gasteiger partial charge in [0, 0.05) is 18.7 Å². The molecule has 1 aliphatic rings. The molecule has 2 amide bonds. The molecule has 1 N–H and O–H groups in total. The summed E-state index contributed by atoms with van der Waals surface area (Å²) in [6, 6.07) is 11.1. The van der Waals surface area contributed by atoms with Crippen molar-refractivity contribution in [3.8, 4) is 5.75 Å². The molecule has 1 saturated heterocycles. The first-order valence-corrected chi connectivity index (χ1v) is 8.98. The van der Waals surface area contributed by atoms with Gasteiger partial charge in [-0.25, -0.2) is 4.39 Å². The van der Waals surface area contributed by atoms with E-state index in [1.165, 1.54) is 24.3 Å². The lowest BCUT2D eigenvalue weighted by atomic mass is 9.96. The van der Waals surface area contributed by atoms with E-state index < -0.39 is 0 Å². The molecule has 1 aliphatic heterocycles. The number of likely N-dealkylation sites (tertiary alicyclic amines) is 1. The first kappa shape index (κ1) is 18.9. The number of hydrogen-bond donors (Lipinski definition) is 1. The molecule has 1 fully saturated rings. The second-order valence-corrected chi connectivity index (χ2v) is 6.79. The van der Waals surface area contributed by atoms with Crippen LogP contribution in [0.3, 0.4) is 0 Å². The zero-order chi connectivity index (χ0) is 19.4. The van der Waals surface area contributed by atoms with Crippen LogP contribution in [0.4, 0.5) is 10.1 Å². The van der Waals surface area contributed by atoms with E-state index in [2.05, 4.69) is 5.32 Å². The summed E-state index contributed by atoms with van der Waals surface area (Å²) in [5.41, 5.74) is 2.07. The number of halogens is 1. The molecule has 142 valence electrons. The third-order valence-electron chi connectivity index (χ3n) is 4.78. The summed E-state index contributed by atoms with van der Waals surface area (Å²) < 4.78 is 18.4. The van der Waals surface area contributed by atoms with Crippen LogP contribution >= 0.6 is 0 Å². The minimum Gasteiger partial charge on any atom is -0.495 e. The molecule has 0 spiro atoms. The van der Waals surface area contributed by atoms with Crippen molar-refractivity contribution < 1.29 is 18.7 Å². The molecule has 1 heterocycles. The molecule has 0 radical (unpaired) electrons. The van der Waals surface area contributed by atoms with E-state index in [1.807, 2.05) is 25.1 Å². The molecule has 6 heteroatoms. The van der Waals surface area contributed by atoms with Crippen LogP contribution in [-0.2, 0) is 4.79 Å². The van der Waals surface area contributed by atoms with E-state index in [1.54, 1.807) is 12.0 Å². The molecule has 2 aromatic rings. The van der Waals surface area contributed by atoms with Gasteiger partial charge in [0.15, 0.2) is 0 Å². The number of carbonyl (C=O) groups is 2. The van der Waals surface area contributed by atoms with Crippen LogP contribution in [0.1, 0.15) is 28.8 Å². The number of nitrogens with zero attached hydrogens (tertiary/aromatic N) is 1. The second-order valence-electron chi connectivity index (χ2n) is 6.79. The summed E-state index contributed by atoms with van der Waals surface area (Å²) in [5.74, 6) is -0.386. The van der Waals surface area contributed by atoms with Gasteiger partial charge in [-0.1, -0.05) is 6.07 Å². The van der Waals surface area contributed by atoms with Crippen molar-refractivity contribution in [2.75, 3.05) is 25.5 Å². The van der Waals surface area contributed by atoms with Crippen molar-refractivity contribution in [2.45, 2.75) is 19.8 Å². The molecule has 0 aliphatic carbocycles. The highest BCUT2D eigenvalue weighted by Gasteiger charge is 2.29. The van der Waals surface area contributed by atoms with Crippen LogP contribution in [0.15, 0.2) is 42.5 Å². The Balaban J connectivity index is 1.68. The number of amides is 2. The summed E-state index contributed by atoms with van der Waals surface area (Å²) in [7, 11) is 1.56. The lowest BCUT2D eigenvalue weighted by Gasteiger charge is -2.32. The monoisotopic (exact) mass is 370 g/mol. The van der Waals surface area contributed by atoms with Gasteiger partial charge >= 0.3 is 0 Å². The highest BCUT2D eigenvalue weighted by Crippen LogP contribution is 2.27. The quantitative estimate of drug-likeness (QED) is 0.894. The van der Waals surface area contributed by atoms with Gasteiger partial charge < -0.3 is 15.0 Å². The van der Waals surface area contributed by atoms with Gasteiger partial charge in [-0.3, -0.25) is 9.59 Å². The third-order valence-corrected chi connectivity index (χ3v) is 4.78. The van der Waals surface area contributed by atoms with Gasteiger partial charge in [0.2, 0.25) is 5.91 Å². The molecule has 1 unspecified atom stereocenters. The Morgan fingerprint density at radius 1 is 1.19 bits per heavy atom. The van der Waals surface area contributed by atoms with Gasteiger partial charge in [0.1, 0.15) is 11.6 Å². The number of anilines is 1. The zero-order valence-corrected chi connectivity index (χ0v) is 15.5. The zero-order valence-electron chi connectivity index (χ0n) is 15.5. The topological polar surface area (TPSA) is 58.6 Å². The van der Waals surface area contributed by atoms with E-state index in [0.29, 0.717) is 36.5 Å². The standard InChI is InChI=1S/C21H23FN2O3/c1-14-5-10-19(27-2)18(12-14)23-20(25)16-4-3-11-24(13-16)21(26)15-6-8-17(22)9-7-15/h5-10,12,16H,3-4,11,13H2,1-2H3,(H,23,25). The molecule has 0 aromatic heterocycles. The smallest absolute Gasteiger partial charge is 0.253 e. The Labute approximate surface area is 158 Å². The maximum absolute atomic E-state index is 13.1. The van der Waals surface area contributed by atoms with Crippen molar-refractivity contribution in [3.05, 3.63) is 59.4 Å². The van der Waals surface area contributed by atoms with Gasteiger partial charge in [0.05, 0.1) is 18.7 Å². The second kappa shape index (κ2) is 8.20. The molecule has 0 saturated carbocycles. The normalized spacial score (nSPS) is 16.7. The predicted molar refractivity (Wildman–Crippen MR) is 101 cm³/mol.